The number of hydrogen-bond donors (Lipinski definition) is 3. The molecule has 60 heavy (non-hydrogen) atoms. The average Bonchev–Trinajstić information content (AvgIpc) is 3.24. The topological polar surface area (TPSA) is 95.9 Å². The summed E-state index contributed by atoms with van der Waals surface area (Å²) in [6.07, 6.45) is 54.2. The van der Waals surface area contributed by atoms with Gasteiger partial charge in [0.25, 0.3) is 0 Å². The van der Waals surface area contributed by atoms with E-state index in [2.05, 4.69) is 38.2 Å². The van der Waals surface area contributed by atoms with E-state index in [9.17, 15) is 19.8 Å². The van der Waals surface area contributed by atoms with Gasteiger partial charge in [-0.3, -0.25) is 9.59 Å². The molecule has 0 aromatic heterocycles. The maximum absolute atomic E-state index is 13.2. The van der Waals surface area contributed by atoms with Crippen molar-refractivity contribution in [2.75, 3.05) is 6.61 Å². The van der Waals surface area contributed by atoms with E-state index < -0.39 is 18.2 Å². The van der Waals surface area contributed by atoms with Gasteiger partial charge in [-0.05, 0) is 51.4 Å². The van der Waals surface area contributed by atoms with Crippen molar-refractivity contribution in [2.24, 2.45) is 0 Å². The Morgan fingerprint density at radius 1 is 0.467 bits per heavy atom. The van der Waals surface area contributed by atoms with Crippen LogP contribution in [0.25, 0.3) is 0 Å². The summed E-state index contributed by atoms with van der Waals surface area (Å²) in [7, 11) is 0. The third-order valence-corrected chi connectivity index (χ3v) is 12.6. The number of amides is 1. The molecule has 6 heteroatoms. The first-order valence-electron chi connectivity index (χ1n) is 26.9. The zero-order chi connectivity index (χ0) is 43.8. The first-order chi connectivity index (χ1) is 29.5. The van der Waals surface area contributed by atoms with Crippen LogP contribution >= 0.6 is 0 Å². The van der Waals surface area contributed by atoms with Crippen LogP contribution in [0, 0.1) is 0 Å². The van der Waals surface area contributed by atoms with Crippen molar-refractivity contribution in [1.82, 2.24) is 5.32 Å². The van der Waals surface area contributed by atoms with Gasteiger partial charge in [0, 0.05) is 6.42 Å². The fourth-order valence-corrected chi connectivity index (χ4v) is 8.49. The van der Waals surface area contributed by atoms with Crippen LogP contribution in [-0.2, 0) is 14.3 Å². The number of aliphatic hydroxyl groups excluding tert-OH is 2. The van der Waals surface area contributed by atoms with Crippen LogP contribution in [0.3, 0.4) is 0 Å². The predicted molar refractivity (Wildman–Crippen MR) is 260 cm³/mol. The minimum atomic E-state index is -0.782. The Morgan fingerprint density at radius 3 is 1.18 bits per heavy atom. The summed E-state index contributed by atoms with van der Waals surface area (Å²) in [6, 6.07) is -0.695. The van der Waals surface area contributed by atoms with Crippen molar-refractivity contribution in [3.8, 4) is 0 Å². The number of hydrogen-bond acceptors (Lipinski definition) is 5. The maximum atomic E-state index is 13.2. The molecule has 0 aromatic rings. The van der Waals surface area contributed by atoms with Gasteiger partial charge in [0.1, 0.15) is 6.10 Å². The lowest BCUT2D eigenvalue weighted by atomic mass is 10.0. The van der Waals surface area contributed by atoms with Crippen molar-refractivity contribution in [2.45, 2.75) is 315 Å². The van der Waals surface area contributed by atoms with Crippen molar-refractivity contribution < 1.29 is 24.5 Å². The van der Waals surface area contributed by atoms with Crippen LogP contribution in [0.1, 0.15) is 297 Å². The van der Waals surface area contributed by atoms with Gasteiger partial charge in [-0.1, -0.05) is 245 Å². The van der Waals surface area contributed by atoms with Crippen LogP contribution < -0.4 is 5.32 Å². The number of carbonyl (C=O) groups is 2. The number of esters is 1. The maximum Gasteiger partial charge on any atom is 0.306 e. The minimum Gasteiger partial charge on any atom is -0.462 e. The second kappa shape index (κ2) is 48.6. The molecule has 0 saturated carbocycles. The number of rotatable bonds is 49. The summed E-state index contributed by atoms with van der Waals surface area (Å²) < 4.78 is 5.95. The molecule has 0 aliphatic carbocycles. The molecule has 356 valence electrons. The van der Waals surface area contributed by atoms with Crippen LogP contribution in [0.4, 0.5) is 0 Å². The van der Waals surface area contributed by atoms with Gasteiger partial charge in [-0.25, -0.2) is 0 Å². The van der Waals surface area contributed by atoms with E-state index >= 15 is 0 Å². The molecule has 3 atom stereocenters. The molecule has 0 rings (SSSR count). The van der Waals surface area contributed by atoms with E-state index in [-0.39, 0.29) is 24.9 Å². The van der Waals surface area contributed by atoms with E-state index in [1.807, 2.05) is 0 Å². The molecule has 6 nitrogen and oxygen atoms in total. The standard InChI is InChI=1S/C54H105NO5/c1-4-7-10-13-16-19-21-23-25-26-28-29-31-34-36-39-42-45-50(48-53(58)55-51(49-56)52(57)46-43-40-37-33-18-15-12-9-6-3)60-54(59)47-44-41-38-35-32-30-27-24-22-20-17-14-11-8-5-2/h23,25,50-52,56-57H,4-22,24,26-49H2,1-3H3,(H,55,58)/b25-23+. The molecule has 3 unspecified atom stereocenters. The molecule has 3 N–H and O–H groups in total. The van der Waals surface area contributed by atoms with Gasteiger partial charge in [0.2, 0.25) is 5.91 Å². The molecule has 0 aliphatic heterocycles. The fraction of sp³-hybridized carbons (Fsp3) is 0.926. The Kier molecular flexibility index (Phi) is 47.5. The number of carbonyl (C=O) groups excluding carboxylic acids is 2. The van der Waals surface area contributed by atoms with Crippen molar-refractivity contribution in [3.05, 3.63) is 12.2 Å². The molecule has 0 bridgehead atoms. The van der Waals surface area contributed by atoms with Crippen molar-refractivity contribution in [3.63, 3.8) is 0 Å². The van der Waals surface area contributed by atoms with Gasteiger partial charge in [-0.15, -0.1) is 0 Å². The summed E-state index contributed by atoms with van der Waals surface area (Å²) in [5.74, 6) is -0.460. The third kappa shape index (κ3) is 43.3. The third-order valence-electron chi connectivity index (χ3n) is 12.6. The Bertz CT molecular complexity index is 909. The molecule has 1 amide bonds. The highest BCUT2D eigenvalue weighted by Crippen LogP contribution is 2.18. The summed E-state index contributed by atoms with van der Waals surface area (Å²) in [5.41, 5.74) is 0. The lowest BCUT2D eigenvalue weighted by Gasteiger charge is -2.24. The smallest absolute Gasteiger partial charge is 0.306 e. The van der Waals surface area contributed by atoms with Gasteiger partial charge < -0.3 is 20.3 Å². The molecule has 0 fully saturated rings. The summed E-state index contributed by atoms with van der Waals surface area (Å²) >= 11 is 0. The monoisotopic (exact) mass is 848 g/mol. The number of unbranched alkanes of at least 4 members (excludes halogenated alkanes) is 35. The number of nitrogens with one attached hydrogen (secondary N) is 1. The van der Waals surface area contributed by atoms with E-state index in [0.717, 1.165) is 51.4 Å². The van der Waals surface area contributed by atoms with E-state index in [1.165, 1.54) is 199 Å². The molecular weight excluding hydrogens is 743 g/mol. The molecule has 0 aromatic carbocycles. The highest BCUT2D eigenvalue weighted by molar-refractivity contribution is 5.77. The Hall–Kier alpha value is -1.40. The van der Waals surface area contributed by atoms with Crippen LogP contribution in [0.15, 0.2) is 12.2 Å². The normalized spacial score (nSPS) is 13.2. The molecule has 0 spiro atoms. The van der Waals surface area contributed by atoms with Crippen LogP contribution in [0.5, 0.6) is 0 Å². The van der Waals surface area contributed by atoms with E-state index in [1.54, 1.807) is 0 Å². The molecule has 0 radical (unpaired) electrons. The zero-order valence-corrected chi connectivity index (χ0v) is 40.6. The summed E-state index contributed by atoms with van der Waals surface area (Å²) in [4.78, 5) is 26.2. The van der Waals surface area contributed by atoms with Crippen molar-refractivity contribution in [1.29, 1.82) is 0 Å². The van der Waals surface area contributed by atoms with Crippen molar-refractivity contribution >= 4 is 11.9 Å². The molecule has 0 heterocycles. The van der Waals surface area contributed by atoms with Crippen LogP contribution in [-0.4, -0.2) is 46.9 Å². The second-order valence-corrected chi connectivity index (χ2v) is 18.6. The van der Waals surface area contributed by atoms with Gasteiger partial charge in [0.05, 0.1) is 25.2 Å². The number of ether oxygens (including phenoxy) is 1. The van der Waals surface area contributed by atoms with E-state index in [0.29, 0.717) is 19.3 Å². The first kappa shape index (κ1) is 58.6. The predicted octanol–water partition coefficient (Wildman–Crippen LogP) is 16.1. The highest BCUT2D eigenvalue weighted by Gasteiger charge is 2.24. The number of aliphatic hydroxyl groups is 2. The Labute approximate surface area is 374 Å². The highest BCUT2D eigenvalue weighted by atomic mass is 16.5. The average molecular weight is 848 g/mol. The SMILES string of the molecule is CCCCCCCC/C=C/CCCCCCCCCC(CC(=O)NC(CO)C(O)CCCCCCCCCCC)OC(=O)CCCCCCCCCCCCCCCCC. The number of allylic oxidation sites excluding steroid dienone is 2. The Morgan fingerprint density at radius 2 is 0.800 bits per heavy atom. The largest absolute Gasteiger partial charge is 0.462 e. The lowest BCUT2D eigenvalue weighted by Crippen LogP contribution is -2.46. The van der Waals surface area contributed by atoms with E-state index in [4.69, 9.17) is 4.74 Å². The van der Waals surface area contributed by atoms with Gasteiger partial charge in [0.15, 0.2) is 0 Å². The van der Waals surface area contributed by atoms with Crippen LogP contribution in [0.2, 0.25) is 0 Å². The van der Waals surface area contributed by atoms with Gasteiger partial charge >= 0.3 is 5.97 Å². The summed E-state index contributed by atoms with van der Waals surface area (Å²) in [6.45, 7) is 6.49. The minimum absolute atomic E-state index is 0.0816. The van der Waals surface area contributed by atoms with Gasteiger partial charge in [-0.2, -0.15) is 0 Å². The molecular formula is C54H105NO5. The second-order valence-electron chi connectivity index (χ2n) is 18.6. The lowest BCUT2D eigenvalue weighted by molar-refractivity contribution is -0.151. The molecule has 0 saturated heterocycles. The molecule has 0 aliphatic rings. The quantitative estimate of drug-likeness (QED) is 0.0322. The Balaban J connectivity index is 4.52. The first-order valence-corrected chi connectivity index (χ1v) is 26.9. The zero-order valence-electron chi connectivity index (χ0n) is 40.6. The summed E-state index contributed by atoms with van der Waals surface area (Å²) in [5, 5.41) is 23.7. The fourth-order valence-electron chi connectivity index (χ4n) is 8.49.